The molecule has 1 saturated carbocycles. The van der Waals surface area contributed by atoms with E-state index in [0.29, 0.717) is 5.92 Å². The van der Waals surface area contributed by atoms with E-state index in [1.54, 1.807) is 19.2 Å². The standard InChI is InChI=1S/C13H17NO3/c1-17-14-10-4-2-9(3-5-10)12-7-6-11(15)8-13(12)16/h6-9,15-16H,2-5H2,1H3. The smallest absolute Gasteiger partial charge is 0.122 e. The monoisotopic (exact) mass is 235 g/mol. The van der Waals surface area contributed by atoms with Crippen molar-refractivity contribution in [2.45, 2.75) is 31.6 Å². The molecule has 2 rings (SSSR count). The zero-order chi connectivity index (χ0) is 12.3. The van der Waals surface area contributed by atoms with Crippen LogP contribution in [0.15, 0.2) is 23.4 Å². The molecule has 4 heteroatoms. The van der Waals surface area contributed by atoms with E-state index < -0.39 is 0 Å². The normalized spacial score (nSPS) is 20.1. The van der Waals surface area contributed by atoms with Crippen LogP contribution in [0.2, 0.25) is 0 Å². The molecule has 0 saturated heterocycles. The Morgan fingerprint density at radius 2 is 1.94 bits per heavy atom. The van der Waals surface area contributed by atoms with Crippen molar-refractivity contribution in [3.05, 3.63) is 23.8 Å². The lowest BCUT2D eigenvalue weighted by Gasteiger charge is -2.23. The van der Waals surface area contributed by atoms with Crippen molar-refractivity contribution < 1.29 is 15.1 Å². The fourth-order valence-corrected chi connectivity index (χ4v) is 2.36. The number of hydrogen-bond acceptors (Lipinski definition) is 4. The predicted octanol–water partition coefficient (Wildman–Crippen LogP) is 2.76. The van der Waals surface area contributed by atoms with E-state index >= 15 is 0 Å². The Morgan fingerprint density at radius 3 is 2.53 bits per heavy atom. The van der Waals surface area contributed by atoms with Crippen LogP contribution in [0.5, 0.6) is 11.5 Å². The summed E-state index contributed by atoms with van der Waals surface area (Å²) in [5.41, 5.74) is 2.00. The van der Waals surface area contributed by atoms with Gasteiger partial charge in [0.25, 0.3) is 0 Å². The number of oxime groups is 1. The maximum atomic E-state index is 9.80. The van der Waals surface area contributed by atoms with Crippen LogP contribution in [0.25, 0.3) is 0 Å². The van der Waals surface area contributed by atoms with Gasteiger partial charge in [0.05, 0.1) is 5.71 Å². The second-order valence-electron chi connectivity index (χ2n) is 4.36. The third-order valence-electron chi connectivity index (χ3n) is 3.24. The van der Waals surface area contributed by atoms with Gasteiger partial charge < -0.3 is 15.1 Å². The van der Waals surface area contributed by atoms with Gasteiger partial charge in [-0.05, 0) is 43.2 Å². The summed E-state index contributed by atoms with van der Waals surface area (Å²) < 4.78 is 0. The maximum absolute atomic E-state index is 9.80. The minimum atomic E-state index is 0.101. The molecule has 0 heterocycles. The number of rotatable bonds is 2. The lowest BCUT2D eigenvalue weighted by Crippen LogP contribution is -2.13. The van der Waals surface area contributed by atoms with Gasteiger partial charge in [0, 0.05) is 6.07 Å². The summed E-state index contributed by atoms with van der Waals surface area (Å²) >= 11 is 0. The molecule has 0 bridgehead atoms. The van der Waals surface area contributed by atoms with E-state index in [0.717, 1.165) is 37.0 Å². The molecule has 0 aliphatic heterocycles. The van der Waals surface area contributed by atoms with Crippen molar-refractivity contribution in [1.29, 1.82) is 0 Å². The molecule has 92 valence electrons. The van der Waals surface area contributed by atoms with Crippen molar-refractivity contribution in [1.82, 2.24) is 0 Å². The number of aromatic hydroxyl groups is 2. The molecule has 4 nitrogen and oxygen atoms in total. The van der Waals surface area contributed by atoms with Crippen LogP contribution >= 0.6 is 0 Å². The molecule has 1 fully saturated rings. The number of benzene rings is 1. The zero-order valence-corrected chi connectivity index (χ0v) is 9.89. The van der Waals surface area contributed by atoms with Gasteiger partial charge in [0.15, 0.2) is 0 Å². The van der Waals surface area contributed by atoms with Gasteiger partial charge in [-0.2, -0.15) is 0 Å². The van der Waals surface area contributed by atoms with Gasteiger partial charge >= 0.3 is 0 Å². The fourth-order valence-electron chi connectivity index (χ4n) is 2.36. The number of hydrogen-bond donors (Lipinski definition) is 2. The van der Waals surface area contributed by atoms with Crippen molar-refractivity contribution in [3.63, 3.8) is 0 Å². The van der Waals surface area contributed by atoms with Gasteiger partial charge in [0.1, 0.15) is 18.6 Å². The van der Waals surface area contributed by atoms with Crippen molar-refractivity contribution in [3.8, 4) is 11.5 Å². The van der Waals surface area contributed by atoms with Crippen molar-refractivity contribution in [2.24, 2.45) is 5.16 Å². The van der Waals surface area contributed by atoms with Gasteiger partial charge in [-0.15, -0.1) is 0 Å². The first-order valence-corrected chi connectivity index (χ1v) is 5.81. The molecule has 0 unspecified atom stereocenters. The molecular formula is C13H17NO3. The Kier molecular flexibility index (Phi) is 3.52. The second-order valence-corrected chi connectivity index (χ2v) is 4.36. The molecule has 1 aliphatic carbocycles. The average Bonchev–Trinajstić information content (AvgIpc) is 2.31. The van der Waals surface area contributed by atoms with Crippen LogP contribution in [-0.4, -0.2) is 23.0 Å². The molecule has 2 N–H and O–H groups in total. The SMILES string of the molecule is CON=C1CCC(c2ccc(O)cc2O)CC1. The lowest BCUT2D eigenvalue weighted by atomic mass is 9.83. The topological polar surface area (TPSA) is 62.0 Å². The van der Waals surface area contributed by atoms with Gasteiger partial charge in [0.2, 0.25) is 0 Å². The molecule has 0 amide bonds. The molecule has 0 radical (unpaired) electrons. The van der Waals surface area contributed by atoms with Crippen LogP contribution in [-0.2, 0) is 4.84 Å². The summed E-state index contributed by atoms with van der Waals surface area (Å²) in [6.45, 7) is 0. The van der Waals surface area contributed by atoms with Crippen LogP contribution in [0.1, 0.15) is 37.2 Å². The Hall–Kier alpha value is -1.71. The first-order chi connectivity index (χ1) is 8.20. The Morgan fingerprint density at radius 1 is 1.24 bits per heavy atom. The second kappa shape index (κ2) is 5.08. The van der Waals surface area contributed by atoms with E-state index in [4.69, 9.17) is 4.84 Å². The van der Waals surface area contributed by atoms with E-state index in [1.165, 1.54) is 6.07 Å². The summed E-state index contributed by atoms with van der Waals surface area (Å²) in [7, 11) is 1.56. The van der Waals surface area contributed by atoms with Crippen LogP contribution in [0.4, 0.5) is 0 Å². The molecule has 17 heavy (non-hydrogen) atoms. The van der Waals surface area contributed by atoms with Gasteiger partial charge in [-0.1, -0.05) is 11.2 Å². The van der Waals surface area contributed by atoms with E-state index in [2.05, 4.69) is 5.16 Å². The number of phenols is 2. The molecule has 1 aromatic carbocycles. The van der Waals surface area contributed by atoms with Gasteiger partial charge in [-0.25, -0.2) is 0 Å². The largest absolute Gasteiger partial charge is 0.508 e. The third kappa shape index (κ3) is 2.70. The zero-order valence-electron chi connectivity index (χ0n) is 9.89. The van der Waals surface area contributed by atoms with Crippen molar-refractivity contribution >= 4 is 5.71 Å². The molecular weight excluding hydrogens is 218 g/mol. The highest BCUT2D eigenvalue weighted by Crippen LogP contribution is 2.37. The van der Waals surface area contributed by atoms with Crippen LogP contribution < -0.4 is 0 Å². The molecule has 1 aliphatic rings. The van der Waals surface area contributed by atoms with E-state index in [1.807, 2.05) is 0 Å². The molecule has 1 aromatic rings. The Bertz CT molecular complexity index is 419. The highest BCUT2D eigenvalue weighted by molar-refractivity contribution is 5.84. The van der Waals surface area contributed by atoms with Gasteiger partial charge in [-0.3, -0.25) is 0 Å². The Balaban J connectivity index is 2.08. The molecule has 0 spiro atoms. The lowest BCUT2D eigenvalue weighted by molar-refractivity contribution is 0.210. The van der Waals surface area contributed by atoms with E-state index in [9.17, 15) is 10.2 Å². The predicted molar refractivity (Wildman–Crippen MR) is 65.4 cm³/mol. The quantitative estimate of drug-likeness (QED) is 0.775. The Labute approximate surface area is 101 Å². The summed E-state index contributed by atoms with van der Waals surface area (Å²) in [6, 6.07) is 4.82. The maximum Gasteiger partial charge on any atom is 0.122 e. The minimum absolute atomic E-state index is 0.101. The number of phenolic OH excluding ortho intramolecular Hbond substituents is 2. The number of nitrogens with zero attached hydrogens (tertiary/aromatic N) is 1. The highest BCUT2D eigenvalue weighted by atomic mass is 16.6. The third-order valence-corrected chi connectivity index (χ3v) is 3.24. The first kappa shape index (κ1) is 11.8. The minimum Gasteiger partial charge on any atom is -0.508 e. The highest BCUT2D eigenvalue weighted by Gasteiger charge is 2.21. The van der Waals surface area contributed by atoms with Crippen LogP contribution in [0, 0.1) is 0 Å². The van der Waals surface area contributed by atoms with E-state index in [-0.39, 0.29) is 11.5 Å². The summed E-state index contributed by atoms with van der Waals surface area (Å²) in [4.78, 5) is 4.77. The van der Waals surface area contributed by atoms with Crippen LogP contribution in [0.3, 0.4) is 0 Å². The molecule has 0 aromatic heterocycles. The van der Waals surface area contributed by atoms with Crippen molar-refractivity contribution in [2.75, 3.05) is 7.11 Å². The fraction of sp³-hybridized carbons (Fsp3) is 0.462. The summed E-state index contributed by atoms with van der Waals surface area (Å²) in [5.74, 6) is 0.622. The first-order valence-electron chi connectivity index (χ1n) is 5.81. The summed E-state index contributed by atoms with van der Waals surface area (Å²) in [5, 5.41) is 23.0. The molecule has 0 atom stereocenters. The average molecular weight is 235 g/mol. The summed E-state index contributed by atoms with van der Waals surface area (Å²) in [6.07, 6.45) is 3.72.